The lowest BCUT2D eigenvalue weighted by Crippen LogP contribution is -2.57. The Labute approximate surface area is 394 Å². The van der Waals surface area contributed by atoms with Gasteiger partial charge in [0.25, 0.3) is 0 Å². The van der Waals surface area contributed by atoms with Crippen molar-refractivity contribution in [2.24, 2.45) is 5.92 Å². The zero-order valence-electron chi connectivity index (χ0n) is 38.0. The number of ether oxygens (including phenoxy) is 4. The molecule has 7 atom stereocenters. The number of para-hydroxylation sites is 1. The molecule has 0 aromatic heterocycles. The lowest BCUT2D eigenvalue weighted by Gasteiger charge is -2.46. The molecular formula is C55H52N4O9. The summed E-state index contributed by atoms with van der Waals surface area (Å²) < 4.78 is 23.8. The van der Waals surface area contributed by atoms with Crippen LogP contribution in [0.2, 0.25) is 0 Å². The molecule has 4 aliphatic rings. The van der Waals surface area contributed by atoms with Gasteiger partial charge in [0.2, 0.25) is 11.8 Å². The first-order chi connectivity index (χ1) is 33.2. The number of nitrogens with one attached hydrogen (secondary N) is 1. The van der Waals surface area contributed by atoms with Gasteiger partial charge >= 0.3 is 12.0 Å². The van der Waals surface area contributed by atoms with Gasteiger partial charge < -0.3 is 34.3 Å². The van der Waals surface area contributed by atoms with Gasteiger partial charge in [0.1, 0.15) is 29.9 Å². The number of amides is 4. The molecule has 1 spiro atoms. The minimum absolute atomic E-state index is 0.0626. The summed E-state index contributed by atoms with van der Waals surface area (Å²) in [6, 6.07) is 42.5. The summed E-state index contributed by atoms with van der Waals surface area (Å²) in [5.74, 6) is -1.59. The van der Waals surface area contributed by atoms with Gasteiger partial charge in [-0.1, -0.05) is 121 Å². The van der Waals surface area contributed by atoms with Crippen LogP contribution < -0.4 is 24.4 Å². The first kappa shape index (κ1) is 44.4. The molecule has 0 unspecified atom stereocenters. The SMILES string of the molecule is COc1cc2c(cc1OC)CN(C(=O)[C@@H]1[C@H]3C(=O)O[C@H](c4ccccc4)[C@H](c4ccccc4)N3[C@H](c3ccc(OCCO)cc3)[C@@]13C(=O)N(C(=O)N[C@H](C)c1ccccc1)c1ccccc13)CC2. The van der Waals surface area contributed by atoms with Crippen LogP contribution in [0.3, 0.4) is 0 Å². The average Bonchev–Trinajstić information content (AvgIpc) is 3.84. The number of morpholine rings is 1. The number of imide groups is 1. The van der Waals surface area contributed by atoms with E-state index in [-0.39, 0.29) is 26.3 Å². The summed E-state index contributed by atoms with van der Waals surface area (Å²) in [6.07, 6.45) is -0.400. The number of hydrogen-bond acceptors (Lipinski definition) is 10. The predicted octanol–water partition coefficient (Wildman–Crippen LogP) is 7.80. The molecule has 13 heteroatoms. The lowest BCUT2D eigenvalue weighted by molar-refractivity contribution is -0.179. The van der Waals surface area contributed by atoms with E-state index in [1.807, 2.05) is 133 Å². The highest BCUT2D eigenvalue weighted by molar-refractivity contribution is 6.24. The highest BCUT2D eigenvalue weighted by Gasteiger charge is 2.76. The van der Waals surface area contributed by atoms with Crippen LogP contribution in [0.25, 0.3) is 0 Å². The number of carbonyl (C=O) groups is 4. The number of nitrogens with zero attached hydrogens (tertiary/aromatic N) is 3. The molecule has 6 aromatic rings. The highest BCUT2D eigenvalue weighted by atomic mass is 16.6. The second-order valence-corrected chi connectivity index (χ2v) is 17.6. The Morgan fingerprint density at radius 1 is 0.765 bits per heavy atom. The van der Waals surface area contributed by atoms with Crippen LogP contribution >= 0.6 is 0 Å². The van der Waals surface area contributed by atoms with E-state index in [4.69, 9.17) is 18.9 Å². The van der Waals surface area contributed by atoms with E-state index in [0.717, 1.165) is 27.8 Å². The highest BCUT2D eigenvalue weighted by Crippen LogP contribution is 2.66. The fourth-order valence-corrected chi connectivity index (χ4v) is 11.1. The van der Waals surface area contributed by atoms with Crippen LogP contribution in [0.1, 0.15) is 70.1 Å². The molecule has 0 aliphatic carbocycles. The maximum atomic E-state index is 16.6. The van der Waals surface area contributed by atoms with Crippen molar-refractivity contribution < 1.29 is 43.2 Å². The zero-order chi connectivity index (χ0) is 47.1. The average molecular weight is 913 g/mol. The summed E-state index contributed by atoms with van der Waals surface area (Å²) in [5, 5.41) is 12.7. The molecule has 0 saturated carbocycles. The molecule has 0 radical (unpaired) electrons. The fourth-order valence-electron chi connectivity index (χ4n) is 11.1. The summed E-state index contributed by atoms with van der Waals surface area (Å²) >= 11 is 0. The minimum Gasteiger partial charge on any atom is -0.493 e. The molecule has 2 fully saturated rings. The van der Waals surface area contributed by atoms with Gasteiger partial charge in [-0.25, -0.2) is 9.69 Å². The van der Waals surface area contributed by atoms with Crippen molar-refractivity contribution in [2.45, 2.75) is 55.6 Å². The quantitative estimate of drug-likeness (QED) is 0.124. The third-order valence-corrected chi connectivity index (χ3v) is 14.1. The van der Waals surface area contributed by atoms with Gasteiger partial charge in [-0.05, 0) is 82.6 Å². The first-order valence-corrected chi connectivity index (χ1v) is 22.9. The third kappa shape index (κ3) is 7.33. The van der Waals surface area contributed by atoms with Gasteiger partial charge in [-0.3, -0.25) is 19.3 Å². The molecule has 4 heterocycles. The number of fused-ring (bicyclic) bond motifs is 4. The Morgan fingerprint density at radius 3 is 2.04 bits per heavy atom. The monoisotopic (exact) mass is 912 g/mol. The Kier molecular flexibility index (Phi) is 11.9. The first-order valence-electron chi connectivity index (χ1n) is 22.9. The van der Waals surface area contributed by atoms with E-state index in [2.05, 4.69) is 5.32 Å². The van der Waals surface area contributed by atoms with Gasteiger partial charge in [-0.2, -0.15) is 0 Å². The largest absolute Gasteiger partial charge is 0.493 e. The van der Waals surface area contributed by atoms with Crippen molar-refractivity contribution in [3.63, 3.8) is 0 Å². The van der Waals surface area contributed by atoms with Crippen molar-refractivity contribution in [1.82, 2.24) is 15.1 Å². The van der Waals surface area contributed by atoms with Crippen LogP contribution in [0.15, 0.2) is 152 Å². The van der Waals surface area contributed by atoms with E-state index < -0.39 is 65.4 Å². The Bertz CT molecular complexity index is 2850. The van der Waals surface area contributed by atoms with E-state index in [0.29, 0.717) is 40.5 Å². The number of methoxy groups -OCH3 is 2. The number of aliphatic hydroxyl groups is 1. The molecule has 2 saturated heterocycles. The molecule has 0 bridgehead atoms. The number of aliphatic hydroxyl groups excluding tert-OH is 1. The van der Waals surface area contributed by atoms with Crippen molar-refractivity contribution in [2.75, 3.05) is 38.9 Å². The van der Waals surface area contributed by atoms with E-state index in [1.165, 1.54) is 4.90 Å². The minimum atomic E-state index is -1.89. The molecule has 346 valence electrons. The summed E-state index contributed by atoms with van der Waals surface area (Å²) in [7, 11) is 3.14. The number of benzene rings is 6. The second-order valence-electron chi connectivity index (χ2n) is 17.6. The maximum absolute atomic E-state index is 16.6. The Hall–Kier alpha value is -7.48. The standard InChI is InChI=1S/C55H52N4O9/c1-34(35-15-7-4-8-16-35)56-54(64)58-43-22-14-13-21-42(43)55(53(58)63)46(51(61)57-28-27-39-31-44(65-2)45(66-3)32-40(39)33-57)48-52(62)68-49(37-19-11-6-12-20-37)47(36-17-9-5-10-18-36)59(48)50(55)38-23-25-41(26-24-38)67-30-29-60/h4-26,31-32,34,46-50,60H,27-30,33H2,1-3H3,(H,56,64)/t34-,46+,47+,48+,49-,50-,55+/m1/s1. The van der Waals surface area contributed by atoms with E-state index in [9.17, 15) is 9.90 Å². The molecular weight excluding hydrogens is 861 g/mol. The predicted molar refractivity (Wildman–Crippen MR) is 253 cm³/mol. The maximum Gasteiger partial charge on any atom is 0.329 e. The summed E-state index contributed by atoms with van der Waals surface area (Å²) in [4.78, 5) is 68.3. The van der Waals surface area contributed by atoms with Gasteiger partial charge in [0.05, 0.1) is 50.6 Å². The van der Waals surface area contributed by atoms with Crippen LogP contribution in [0.5, 0.6) is 17.2 Å². The number of carbonyl (C=O) groups excluding carboxylic acids is 4. The molecule has 13 nitrogen and oxygen atoms in total. The molecule has 2 N–H and O–H groups in total. The van der Waals surface area contributed by atoms with Crippen molar-refractivity contribution in [3.8, 4) is 17.2 Å². The molecule has 6 aromatic carbocycles. The number of anilines is 1. The smallest absolute Gasteiger partial charge is 0.329 e. The molecule has 4 aliphatic heterocycles. The van der Waals surface area contributed by atoms with Gasteiger partial charge in [0.15, 0.2) is 11.5 Å². The van der Waals surface area contributed by atoms with Crippen molar-refractivity contribution in [3.05, 3.63) is 191 Å². The Morgan fingerprint density at radius 2 is 1.38 bits per heavy atom. The van der Waals surface area contributed by atoms with Crippen molar-refractivity contribution in [1.29, 1.82) is 0 Å². The Balaban J connectivity index is 1.21. The number of hydrogen-bond donors (Lipinski definition) is 2. The van der Waals surface area contributed by atoms with E-state index >= 15 is 14.4 Å². The third-order valence-electron chi connectivity index (χ3n) is 14.1. The second kappa shape index (κ2) is 18.3. The topological polar surface area (TPSA) is 147 Å². The fraction of sp³-hybridized carbons (Fsp3) is 0.273. The van der Waals surface area contributed by atoms with Crippen LogP contribution in [0, 0.1) is 5.92 Å². The normalized spacial score (nSPS) is 23.3. The van der Waals surface area contributed by atoms with Crippen LogP contribution in [-0.2, 0) is 37.5 Å². The summed E-state index contributed by atoms with van der Waals surface area (Å²) in [6.45, 7) is 2.16. The van der Waals surface area contributed by atoms with E-state index in [1.54, 1.807) is 49.5 Å². The van der Waals surface area contributed by atoms with Gasteiger partial charge in [-0.15, -0.1) is 0 Å². The molecule has 10 rings (SSSR count). The van der Waals surface area contributed by atoms with Crippen LogP contribution in [0.4, 0.5) is 10.5 Å². The molecule has 4 amide bonds. The lowest BCUT2D eigenvalue weighted by atomic mass is 9.65. The molecule has 68 heavy (non-hydrogen) atoms. The number of esters is 1. The number of rotatable bonds is 11. The zero-order valence-corrected chi connectivity index (χ0v) is 38.0. The summed E-state index contributed by atoms with van der Waals surface area (Å²) in [5.41, 5.74) is 3.65. The van der Waals surface area contributed by atoms with Crippen molar-refractivity contribution >= 4 is 29.5 Å². The van der Waals surface area contributed by atoms with Gasteiger partial charge in [0, 0.05) is 13.1 Å². The van der Waals surface area contributed by atoms with Crippen LogP contribution in [-0.4, -0.2) is 78.7 Å². The number of urea groups is 1. The number of cyclic esters (lactones) is 1.